The van der Waals surface area contributed by atoms with Crippen molar-refractivity contribution in [1.82, 2.24) is 14.5 Å². The van der Waals surface area contributed by atoms with Crippen LogP contribution in [-0.2, 0) is 10.0 Å². The van der Waals surface area contributed by atoms with Gasteiger partial charge in [-0.05, 0) is 43.5 Å². The van der Waals surface area contributed by atoms with Crippen molar-refractivity contribution >= 4 is 39.9 Å². The number of hydrogen-bond acceptors (Lipinski definition) is 4. The molecule has 0 spiro atoms. The molecule has 29 heavy (non-hydrogen) atoms. The second-order valence-electron chi connectivity index (χ2n) is 7.82. The molecule has 1 aliphatic carbocycles. The number of rotatable bonds is 7. The Labute approximate surface area is 185 Å². The van der Waals surface area contributed by atoms with Crippen LogP contribution < -0.4 is 5.32 Å². The monoisotopic (exact) mass is 463 g/mol. The van der Waals surface area contributed by atoms with Crippen molar-refractivity contribution in [3.05, 3.63) is 34.9 Å². The molecule has 0 radical (unpaired) electrons. The molecule has 3 rings (SSSR count). The highest BCUT2D eigenvalue weighted by Crippen LogP contribution is 2.35. The van der Waals surface area contributed by atoms with Gasteiger partial charge in [-0.15, -0.1) is 12.4 Å². The third kappa shape index (κ3) is 5.85. The Morgan fingerprint density at radius 3 is 2.24 bits per heavy atom. The zero-order valence-corrected chi connectivity index (χ0v) is 19.3. The number of amides is 1. The third-order valence-corrected chi connectivity index (χ3v) is 8.31. The molecule has 1 aromatic carbocycles. The van der Waals surface area contributed by atoms with Crippen LogP contribution in [0, 0.1) is 0 Å². The van der Waals surface area contributed by atoms with Crippen LogP contribution in [0.1, 0.15) is 49.4 Å². The lowest BCUT2D eigenvalue weighted by Gasteiger charge is -2.45. The highest BCUT2D eigenvalue weighted by Gasteiger charge is 2.42. The summed E-state index contributed by atoms with van der Waals surface area (Å²) in [4.78, 5) is 14.9. The van der Waals surface area contributed by atoms with Gasteiger partial charge in [-0.1, -0.05) is 31.4 Å². The highest BCUT2D eigenvalue weighted by atomic mass is 35.5. The van der Waals surface area contributed by atoms with Gasteiger partial charge in [-0.25, -0.2) is 8.42 Å². The van der Waals surface area contributed by atoms with Crippen molar-refractivity contribution in [2.45, 2.75) is 44.6 Å². The van der Waals surface area contributed by atoms with E-state index < -0.39 is 10.0 Å². The first kappa shape index (κ1) is 24.4. The van der Waals surface area contributed by atoms with Crippen LogP contribution in [0.2, 0.25) is 5.02 Å². The molecule has 2 fully saturated rings. The lowest BCUT2D eigenvalue weighted by molar-refractivity contribution is 0.0540. The van der Waals surface area contributed by atoms with Crippen molar-refractivity contribution < 1.29 is 13.2 Å². The lowest BCUT2D eigenvalue weighted by Crippen LogP contribution is -2.60. The average Bonchev–Trinajstić information content (AvgIpc) is 3.17. The summed E-state index contributed by atoms with van der Waals surface area (Å²) in [5.74, 6) is 0.127. The Morgan fingerprint density at radius 2 is 1.69 bits per heavy atom. The van der Waals surface area contributed by atoms with Crippen LogP contribution in [0.15, 0.2) is 24.3 Å². The van der Waals surface area contributed by atoms with Gasteiger partial charge < -0.3 is 5.32 Å². The topological polar surface area (TPSA) is 69.7 Å². The normalized spacial score (nSPS) is 20.2. The minimum absolute atomic E-state index is 0. The molecule has 1 heterocycles. The summed E-state index contributed by atoms with van der Waals surface area (Å²) >= 11 is 5.90. The number of carbonyl (C=O) groups is 1. The number of carbonyl (C=O) groups excluding carboxylic acids is 1. The molecule has 1 aromatic rings. The van der Waals surface area contributed by atoms with E-state index in [2.05, 4.69) is 10.2 Å². The maximum absolute atomic E-state index is 12.5. The van der Waals surface area contributed by atoms with Gasteiger partial charge in [0, 0.05) is 48.8 Å². The van der Waals surface area contributed by atoms with Gasteiger partial charge in [0.2, 0.25) is 10.0 Å². The highest BCUT2D eigenvalue weighted by molar-refractivity contribution is 7.89. The van der Waals surface area contributed by atoms with Crippen LogP contribution >= 0.6 is 24.0 Å². The molecule has 0 bridgehead atoms. The Kier molecular flexibility index (Phi) is 8.79. The van der Waals surface area contributed by atoms with E-state index in [1.54, 1.807) is 28.6 Å². The van der Waals surface area contributed by atoms with Crippen molar-refractivity contribution in [2.75, 3.05) is 38.5 Å². The zero-order chi connectivity index (χ0) is 20.2. The molecule has 2 aliphatic rings. The third-order valence-electron chi connectivity index (χ3n) is 5.98. The first-order chi connectivity index (χ1) is 13.4. The molecule has 1 saturated heterocycles. The molecule has 6 nitrogen and oxygen atoms in total. The summed E-state index contributed by atoms with van der Waals surface area (Å²) in [6, 6.07) is 6.90. The fraction of sp³-hybridized carbons (Fsp3) is 0.650. The number of nitrogens with zero attached hydrogens (tertiary/aromatic N) is 2. The van der Waals surface area contributed by atoms with E-state index in [0.29, 0.717) is 36.6 Å². The first-order valence-electron chi connectivity index (χ1n) is 10.1. The van der Waals surface area contributed by atoms with E-state index in [0.717, 1.165) is 38.8 Å². The minimum atomic E-state index is -3.14. The van der Waals surface area contributed by atoms with Crippen LogP contribution in [0.4, 0.5) is 0 Å². The zero-order valence-electron chi connectivity index (χ0n) is 16.9. The molecule has 1 saturated carbocycles. The number of nitrogens with one attached hydrogen (secondary N) is 1. The van der Waals surface area contributed by atoms with Crippen molar-refractivity contribution in [3.63, 3.8) is 0 Å². The van der Waals surface area contributed by atoms with Crippen LogP contribution in [0.3, 0.4) is 0 Å². The Hall–Kier alpha value is -0.860. The Bertz CT molecular complexity index is 773. The second-order valence-corrected chi connectivity index (χ2v) is 10.3. The molecule has 1 aliphatic heterocycles. The molecule has 0 aromatic heterocycles. The molecular formula is C20H31Cl2N3O3S. The van der Waals surface area contributed by atoms with Gasteiger partial charge in [0.05, 0.1) is 5.75 Å². The molecule has 1 N–H and O–H groups in total. The Morgan fingerprint density at radius 1 is 1.10 bits per heavy atom. The summed E-state index contributed by atoms with van der Waals surface area (Å²) < 4.78 is 26.3. The van der Waals surface area contributed by atoms with E-state index in [9.17, 15) is 13.2 Å². The fourth-order valence-electron chi connectivity index (χ4n) is 4.41. The minimum Gasteiger partial charge on any atom is -0.350 e. The quantitative estimate of drug-likeness (QED) is 0.673. The van der Waals surface area contributed by atoms with E-state index >= 15 is 0 Å². The SMILES string of the molecule is CCCS(=O)(=O)N1CCN(C2(CNC(=O)c3ccc(Cl)cc3)CCCC2)CC1.Cl. The van der Waals surface area contributed by atoms with Crippen molar-refractivity contribution in [1.29, 1.82) is 0 Å². The number of halogens is 2. The lowest BCUT2D eigenvalue weighted by atomic mass is 9.93. The number of sulfonamides is 1. The van der Waals surface area contributed by atoms with Crippen LogP contribution in [-0.4, -0.2) is 67.5 Å². The predicted molar refractivity (Wildman–Crippen MR) is 119 cm³/mol. The van der Waals surface area contributed by atoms with Gasteiger partial charge in [0.25, 0.3) is 5.91 Å². The summed E-state index contributed by atoms with van der Waals surface area (Å²) in [6.07, 6.45) is 5.00. The van der Waals surface area contributed by atoms with Gasteiger partial charge >= 0.3 is 0 Å². The summed E-state index contributed by atoms with van der Waals surface area (Å²) in [5.41, 5.74) is 0.538. The molecule has 0 atom stereocenters. The smallest absolute Gasteiger partial charge is 0.251 e. The summed E-state index contributed by atoms with van der Waals surface area (Å²) in [5, 5.41) is 3.72. The number of benzene rings is 1. The van der Waals surface area contributed by atoms with Gasteiger partial charge in [0.15, 0.2) is 0 Å². The van der Waals surface area contributed by atoms with E-state index in [4.69, 9.17) is 11.6 Å². The van der Waals surface area contributed by atoms with Crippen LogP contribution in [0.25, 0.3) is 0 Å². The summed E-state index contributed by atoms with van der Waals surface area (Å²) in [6.45, 7) is 5.00. The second kappa shape index (κ2) is 10.4. The maximum atomic E-state index is 12.5. The number of hydrogen-bond donors (Lipinski definition) is 1. The van der Waals surface area contributed by atoms with Gasteiger partial charge in [0.1, 0.15) is 0 Å². The first-order valence-corrected chi connectivity index (χ1v) is 12.1. The largest absolute Gasteiger partial charge is 0.350 e. The Balaban J connectivity index is 0.00000300. The standard InChI is InChI=1S/C20H30ClN3O3S.ClH/c1-2-15-28(26,27)24-13-11-23(12-14-24)20(9-3-4-10-20)16-22-19(25)17-5-7-18(21)8-6-17;/h5-8H,2-4,9-16H2,1H3,(H,22,25);1H. The van der Waals surface area contributed by atoms with Crippen molar-refractivity contribution in [2.24, 2.45) is 0 Å². The number of piperazine rings is 1. The maximum Gasteiger partial charge on any atom is 0.251 e. The van der Waals surface area contributed by atoms with E-state index in [1.807, 2.05) is 6.92 Å². The van der Waals surface area contributed by atoms with E-state index in [1.165, 1.54) is 0 Å². The van der Waals surface area contributed by atoms with Gasteiger partial charge in [-0.3, -0.25) is 9.69 Å². The fourth-order valence-corrected chi connectivity index (χ4v) is 6.03. The molecule has 164 valence electrons. The molecule has 0 unspecified atom stereocenters. The van der Waals surface area contributed by atoms with Crippen molar-refractivity contribution in [3.8, 4) is 0 Å². The van der Waals surface area contributed by atoms with E-state index in [-0.39, 0.29) is 29.6 Å². The average molecular weight is 464 g/mol. The molecule has 1 amide bonds. The van der Waals surface area contributed by atoms with Crippen LogP contribution in [0.5, 0.6) is 0 Å². The molecular weight excluding hydrogens is 433 g/mol. The summed E-state index contributed by atoms with van der Waals surface area (Å²) in [7, 11) is -3.14. The molecule has 9 heteroatoms. The predicted octanol–water partition coefficient (Wildman–Crippen LogP) is 3.16. The van der Waals surface area contributed by atoms with Gasteiger partial charge in [-0.2, -0.15) is 4.31 Å².